The number of rotatable bonds is 6. The Bertz CT molecular complexity index is 1520. The molecule has 8 nitrogen and oxygen atoms in total. The molecule has 0 unspecified atom stereocenters. The summed E-state index contributed by atoms with van der Waals surface area (Å²) in [7, 11) is 0. The Morgan fingerprint density at radius 1 is 1.11 bits per heavy atom. The van der Waals surface area contributed by atoms with E-state index in [1.54, 1.807) is 26.0 Å². The Labute approximate surface area is 209 Å². The lowest BCUT2D eigenvalue weighted by Gasteiger charge is -2.21. The van der Waals surface area contributed by atoms with Crippen LogP contribution in [-0.2, 0) is 24.9 Å². The summed E-state index contributed by atoms with van der Waals surface area (Å²) in [5, 5.41) is 6.29. The van der Waals surface area contributed by atoms with E-state index in [0.29, 0.717) is 16.1 Å². The third-order valence-electron chi connectivity index (χ3n) is 6.33. The Kier molecular flexibility index (Phi) is 6.22. The van der Waals surface area contributed by atoms with Gasteiger partial charge in [-0.2, -0.15) is 18.2 Å². The summed E-state index contributed by atoms with van der Waals surface area (Å²) >= 11 is 0. The molecule has 0 amide bonds. The van der Waals surface area contributed by atoms with Crippen LogP contribution < -0.4 is 16.2 Å². The number of hydrogen-bond acceptors (Lipinski definition) is 6. The van der Waals surface area contributed by atoms with Crippen LogP contribution in [0.5, 0.6) is 0 Å². The van der Waals surface area contributed by atoms with Crippen molar-refractivity contribution in [2.24, 2.45) is 0 Å². The van der Waals surface area contributed by atoms with E-state index in [9.17, 15) is 22.4 Å². The van der Waals surface area contributed by atoms with Gasteiger partial charge in [-0.05, 0) is 48.4 Å². The predicted molar refractivity (Wildman–Crippen MR) is 131 cm³/mol. The highest BCUT2D eigenvalue weighted by Crippen LogP contribution is 2.26. The van der Waals surface area contributed by atoms with Crippen LogP contribution >= 0.6 is 0 Å². The molecule has 4 heterocycles. The number of hydrogen-bond donors (Lipinski definition) is 2. The molecule has 1 aliphatic heterocycles. The van der Waals surface area contributed by atoms with Crippen LogP contribution in [0.3, 0.4) is 0 Å². The second-order valence-electron chi connectivity index (χ2n) is 9.65. The van der Waals surface area contributed by atoms with Crippen LogP contribution in [0.25, 0.3) is 16.9 Å². The SMILES string of the molecule is CC(C)(CF)c1cccc(-n2c3nc(Nc4ccc5c(c4)CNCC5)ncc3c(=O)n2CC(F)(F)F)n1. The van der Waals surface area contributed by atoms with Crippen molar-refractivity contribution in [2.45, 2.75) is 44.9 Å². The summed E-state index contributed by atoms with van der Waals surface area (Å²) < 4.78 is 55.6. The summed E-state index contributed by atoms with van der Waals surface area (Å²) in [4.78, 5) is 26.0. The van der Waals surface area contributed by atoms with E-state index in [0.717, 1.165) is 29.8 Å². The molecule has 0 saturated heterocycles. The zero-order chi connectivity index (χ0) is 26.4. The van der Waals surface area contributed by atoms with Crippen molar-refractivity contribution in [1.82, 2.24) is 29.6 Å². The summed E-state index contributed by atoms with van der Waals surface area (Å²) in [5.74, 6) is 0.120. The summed E-state index contributed by atoms with van der Waals surface area (Å²) in [5.41, 5.74) is 1.47. The number of anilines is 2. The highest BCUT2D eigenvalue weighted by Gasteiger charge is 2.32. The van der Waals surface area contributed by atoms with Gasteiger partial charge >= 0.3 is 6.18 Å². The molecule has 0 atom stereocenters. The maximum Gasteiger partial charge on any atom is 0.408 e. The molecule has 37 heavy (non-hydrogen) atoms. The van der Waals surface area contributed by atoms with E-state index in [4.69, 9.17) is 0 Å². The van der Waals surface area contributed by atoms with Crippen LogP contribution in [0.15, 0.2) is 47.4 Å². The van der Waals surface area contributed by atoms with Gasteiger partial charge in [-0.3, -0.25) is 9.18 Å². The zero-order valence-corrected chi connectivity index (χ0v) is 20.2. The maximum absolute atomic E-state index is 13.6. The minimum Gasteiger partial charge on any atom is -0.324 e. The monoisotopic (exact) mass is 515 g/mol. The third kappa shape index (κ3) is 4.93. The van der Waals surface area contributed by atoms with Crippen molar-refractivity contribution >= 4 is 22.7 Å². The van der Waals surface area contributed by atoms with E-state index in [-0.39, 0.29) is 22.8 Å². The minimum absolute atomic E-state index is 0.0138. The highest BCUT2D eigenvalue weighted by molar-refractivity contribution is 5.77. The maximum atomic E-state index is 13.6. The number of nitrogens with zero attached hydrogens (tertiary/aromatic N) is 5. The summed E-state index contributed by atoms with van der Waals surface area (Å²) in [6, 6.07) is 10.5. The number of fused-ring (bicyclic) bond motifs is 2. The molecule has 0 aliphatic carbocycles. The number of halogens is 4. The molecule has 4 aromatic rings. The quantitative estimate of drug-likeness (QED) is 0.375. The van der Waals surface area contributed by atoms with Crippen LogP contribution in [0.1, 0.15) is 30.7 Å². The van der Waals surface area contributed by atoms with Gasteiger partial charge in [0.25, 0.3) is 5.56 Å². The van der Waals surface area contributed by atoms with Gasteiger partial charge < -0.3 is 10.6 Å². The van der Waals surface area contributed by atoms with Gasteiger partial charge in [0.1, 0.15) is 18.6 Å². The van der Waals surface area contributed by atoms with Gasteiger partial charge in [0.05, 0.1) is 5.69 Å². The molecule has 0 spiro atoms. The first-order chi connectivity index (χ1) is 17.6. The lowest BCUT2D eigenvalue weighted by molar-refractivity contribution is -0.144. The largest absolute Gasteiger partial charge is 0.408 e. The molecule has 3 aromatic heterocycles. The van der Waals surface area contributed by atoms with Gasteiger partial charge in [0.2, 0.25) is 5.95 Å². The molecular weight excluding hydrogens is 490 g/mol. The number of benzene rings is 1. The molecule has 0 radical (unpaired) electrons. The van der Waals surface area contributed by atoms with Crippen molar-refractivity contribution in [1.29, 1.82) is 0 Å². The smallest absolute Gasteiger partial charge is 0.324 e. The fraction of sp³-hybridized carbons (Fsp3) is 0.360. The molecule has 0 fully saturated rings. The number of aromatic nitrogens is 5. The van der Waals surface area contributed by atoms with Gasteiger partial charge in [-0.15, -0.1) is 0 Å². The zero-order valence-electron chi connectivity index (χ0n) is 20.2. The second-order valence-corrected chi connectivity index (χ2v) is 9.65. The molecule has 1 aliphatic rings. The Morgan fingerprint density at radius 2 is 1.92 bits per heavy atom. The Morgan fingerprint density at radius 3 is 2.68 bits per heavy atom. The molecular formula is C25H25F4N7O. The van der Waals surface area contributed by atoms with Crippen molar-refractivity contribution in [3.8, 4) is 5.82 Å². The second kappa shape index (κ2) is 9.25. The first-order valence-corrected chi connectivity index (χ1v) is 11.7. The number of alkyl halides is 4. The van der Waals surface area contributed by atoms with Gasteiger partial charge in [0, 0.05) is 23.8 Å². The van der Waals surface area contributed by atoms with Gasteiger partial charge in [-0.1, -0.05) is 26.0 Å². The van der Waals surface area contributed by atoms with Gasteiger partial charge in [0.15, 0.2) is 11.5 Å². The fourth-order valence-corrected chi connectivity index (χ4v) is 4.31. The van der Waals surface area contributed by atoms with E-state index < -0.39 is 30.4 Å². The summed E-state index contributed by atoms with van der Waals surface area (Å²) in [6.07, 6.45) is -2.56. The van der Waals surface area contributed by atoms with E-state index in [2.05, 4.69) is 25.6 Å². The standard InChI is InChI=1S/C25H25F4N7O/c1-24(2,13-26)19-4-3-5-20(33-19)36-21-18(22(37)35(36)14-25(27,28)29)12-31-23(34-21)32-17-7-6-15-8-9-30-11-16(15)10-17/h3-7,10,12,30H,8-9,11,13-14H2,1-2H3,(H,31,32,34). The average Bonchev–Trinajstić information content (AvgIpc) is 3.13. The molecule has 2 N–H and O–H groups in total. The van der Waals surface area contributed by atoms with Gasteiger partial charge in [-0.25, -0.2) is 19.3 Å². The highest BCUT2D eigenvalue weighted by atomic mass is 19.4. The fourth-order valence-electron chi connectivity index (χ4n) is 4.31. The Balaban J connectivity index is 1.64. The van der Waals surface area contributed by atoms with Crippen molar-refractivity contribution < 1.29 is 17.6 Å². The third-order valence-corrected chi connectivity index (χ3v) is 6.33. The van der Waals surface area contributed by atoms with Crippen LogP contribution in [0.2, 0.25) is 0 Å². The normalized spacial score (nSPS) is 14.1. The van der Waals surface area contributed by atoms with Crippen LogP contribution in [0, 0.1) is 0 Å². The molecule has 5 rings (SSSR count). The predicted octanol–water partition coefficient (Wildman–Crippen LogP) is 4.18. The first kappa shape index (κ1) is 24.9. The van der Waals surface area contributed by atoms with Crippen LogP contribution in [0.4, 0.5) is 29.2 Å². The van der Waals surface area contributed by atoms with Crippen LogP contribution in [-0.4, -0.2) is 43.7 Å². The molecule has 194 valence electrons. The molecule has 1 aromatic carbocycles. The first-order valence-electron chi connectivity index (χ1n) is 11.7. The number of nitrogens with one attached hydrogen (secondary N) is 2. The van der Waals surface area contributed by atoms with Crippen molar-refractivity contribution in [2.75, 3.05) is 18.5 Å². The molecule has 0 saturated carbocycles. The molecule has 0 bridgehead atoms. The number of pyridine rings is 1. The average molecular weight is 516 g/mol. The van der Waals surface area contributed by atoms with E-state index >= 15 is 0 Å². The molecule has 12 heteroatoms. The lowest BCUT2D eigenvalue weighted by Crippen LogP contribution is -2.31. The topological polar surface area (TPSA) is 89.7 Å². The van der Waals surface area contributed by atoms with Crippen molar-refractivity contribution in [3.05, 3.63) is 69.8 Å². The Hall–Kier alpha value is -3.80. The van der Waals surface area contributed by atoms with E-state index in [1.807, 2.05) is 18.2 Å². The van der Waals surface area contributed by atoms with E-state index in [1.165, 1.54) is 17.8 Å². The summed E-state index contributed by atoms with van der Waals surface area (Å²) in [6.45, 7) is 2.62. The van der Waals surface area contributed by atoms with Crippen molar-refractivity contribution in [3.63, 3.8) is 0 Å². The lowest BCUT2D eigenvalue weighted by atomic mass is 9.90. The minimum atomic E-state index is -4.68.